The largest absolute Gasteiger partial charge is 0.481 e. The molecule has 5 nitrogen and oxygen atoms in total. The van der Waals surface area contributed by atoms with Gasteiger partial charge in [0.15, 0.2) is 0 Å². The van der Waals surface area contributed by atoms with Gasteiger partial charge in [0.1, 0.15) is 5.60 Å². The van der Waals surface area contributed by atoms with Gasteiger partial charge in [-0.25, -0.2) is 4.79 Å². The fraction of sp³-hybridized carbons (Fsp3) is 0.889. The number of rotatable bonds is 4. The summed E-state index contributed by atoms with van der Waals surface area (Å²) in [6, 6.07) is 0. The van der Waals surface area contributed by atoms with Gasteiger partial charge in [0.25, 0.3) is 0 Å². The van der Waals surface area contributed by atoms with E-state index in [0.717, 1.165) is 19.3 Å². The first-order valence-electron chi connectivity index (χ1n) is 8.57. The van der Waals surface area contributed by atoms with E-state index in [9.17, 15) is 14.7 Å². The van der Waals surface area contributed by atoms with Crippen molar-refractivity contribution in [1.29, 1.82) is 0 Å². The Morgan fingerprint density at radius 1 is 1.13 bits per heavy atom. The predicted molar refractivity (Wildman–Crippen MR) is 90.3 cm³/mol. The van der Waals surface area contributed by atoms with E-state index >= 15 is 0 Å². The third-order valence-corrected chi connectivity index (χ3v) is 4.17. The Hall–Kier alpha value is -1.26. The van der Waals surface area contributed by atoms with Gasteiger partial charge in [-0.15, -0.1) is 0 Å². The van der Waals surface area contributed by atoms with Gasteiger partial charge in [0.2, 0.25) is 0 Å². The molecule has 1 N–H and O–H groups in total. The highest BCUT2D eigenvalue weighted by molar-refractivity contribution is 5.68. The van der Waals surface area contributed by atoms with Crippen LogP contribution in [-0.2, 0) is 9.53 Å². The molecule has 0 aromatic carbocycles. The molecule has 1 amide bonds. The van der Waals surface area contributed by atoms with Crippen LogP contribution < -0.4 is 0 Å². The topological polar surface area (TPSA) is 66.8 Å². The summed E-state index contributed by atoms with van der Waals surface area (Å²) in [4.78, 5) is 25.0. The van der Waals surface area contributed by atoms with Crippen LogP contribution in [0.3, 0.4) is 0 Å². The van der Waals surface area contributed by atoms with Gasteiger partial charge in [-0.2, -0.15) is 0 Å². The second-order valence-corrected chi connectivity index (χ2v) is 8.93. The van der Waals surface area contributed by atoms with Crippen molar-refractivity contribution < 1.29 is 19.4 Å². The van der Waals surface area contributed by atoms with Gasteiger partial charge in [0.05, 0.1) is 0 Å². The van der Waals surface area contributed by atoms with Gasteiger partial charge >= 0.3 is 12.1 Å². The van der Waals surface area contributed by atoms with Gasteiger partial charge in [-0.3, -0.25) is 4.79 Å². The average molecular weight is 327 g/mol. The van der Waals surface area contributed by atoms with E-state index in [1.807, 2.05) is 20.8 Å². The summed E-state index contributed by atoms with van der Waals surface area (Å²) in [5.74, 6) is -0.189. The minimum atomic E-state index is -0.728. The zero-order valence-corrected chi connectivity index (χ0v) is 15.5. The Kier molecular flexibility index (Phi) is 6.49. The first kappa shape index (κ1) is 19.8. The smallest absolute Gasteiger partial charge is 0.410 e. The van der Waals surface area contributed by atoms with Crippen LogP contribution in [0.1, 0.15) is 67.2 Å². The van der Waals surface area contributed by atoms with Crippen LogP contribution in [0.25, 0.3) is 0 Å². The third kappa shape index (κ3) is 7.71. The second-order valence-electron chi connectivity index (χ2n) is 8.93. The summed E-state index contributed by atoms with van der Waals surface area (Å²) in [5, 5.41) is 9.19. The fourth-order valence-corrected chi connectivity index (χ4v) is 3.30. The Balaban J connectivity index is 2.60. The van der Waals surface area contributed by atoms with Crippen LogP contribution in [0.5, 0.6) is 0 Å². The predicted octanol–water partition coefficient (Wildman–Crippen LogP) is 4.16. The van der Waals surface area contributed by atoms with Gasteiger partial charge in [-0.05, 0) is 57.3 Å². The number of amides is 1. The number of carbonyl (C=O) groups excluding carboxylic acids is 1. The minimum absolute atomic E-state index is 0.114. The SMILES string of the molecule is CC(C)(C)CC(CC(=O)O)C1CCN(C(=O)OC(C)(C)C)CC1. The molecular weight excluding hydrogens is 294 g/mol. The molecular formula is C18H33NO4. The first-order valence-corrected chi connectivity index (χ1v) is 8.57. The number of hydrogen-bond acceptors (Lipinski definition) is 3. The Labute approximate surface area is 140 Å². The number of ether oxygens (including phenoxy) is 1. The van der Waals surface area contributed by atoms with Crippen LogP contribution in [0, 0.1) is 17.3 Å². The molecule has 0 spiro atoms. The molecule has 1 saturated heterocycles. The molecule has 23 heavy (non-hydrogen) atoms. The molecule has 1 unspecified atom stereocenters. The molecule has 5 heteroatoms. The summed E-state index contributed by atoms with van der Waals surface area (Å²) in [6.45, 7) is 13.4. The van der Waals surface area contributed by atoms with E-state index in [1.54, 1.807) is 4.90 Å². The Morgan fingerprint density at radius 2 is 1.65 bits per heavy atom. The number of nitrogens with zero attached hydrogens (tertiary/aromatic N) is 1. The maximum atomic E-state index is 12.1. The van der Waals surface area contributed by atoms with Crippen LogP contribution in [0.2, 0.25) is 0 Å². The molecule has 134 valence electrons. The highest BCUT2D eigenvalue weighted by atomic mass is 16.6. The van der Waals surface area contributed by atoms with E-state index in [4.69, 9.17) is 4.74 Å². The summed E-state index contributed by atoms with van der Waals surface area (Å²) in [5.41, 5.74) is -0.367. The number of carbonyl (C=O) groups is 2. The normalized spacial score (nSPS) is 18.6. The second kappa shape index (κ2) is 7.54. The van der Waals surface area contributed by atoms with E-state index in [1.165, 1.54) is 0 Å². The third-order valence-electron chi connectivity index (χ3n) is 4.17. The number of aliphatic carboxylic acids is 1. The highest BCUT2D eigenvalue weighted by Gasteiger charge is 2.33. The van der Waals surface area contributed by atoms with Crippen molar-refractivity contribution in [2.45, 2.75) is 72.8 Å². The van der Waals surface area contributed by atoms with E-state index in [2.05, 4.69) is 20.8 Å². The molecule has 1 rings (SSSR count). The molecule has 1 fully saturated rings. The van der Waals surface area contributed by atoms with Crippen LogP contribution in [0.4, 0.5) is 4.79 Å². The maximum Gasteiger partial charge on any atom is 0.410 e. The zero-order valence-electron chi connectivity index (χ0n) is 15.5. The average Bonchev–Trinajstić information content (AvgIpc) is 2.34. The minimum Gasteiger partial charge on any atom is -0.481 e. The van der Waals surface area contributed by atoms with Gasteiger partial charge in [-0.1, -0.05) is 20.8 Å². The van der Waals surface area contributed by atoms with Gasteiger partial charge in [0, 0.05) is 19.5 Å². The molecule has 0 radical (unpaired) electrons. The number of likely N-dealkylation sites (tertiary alicyclic amines) is 1. The Morgan fingerprint density at radius 3 is 2.04 bits per heavy atom. The molecule has 1 heterocycles. The van der Waals surface area contributed by atoms with E-state index in [0.29, 0.717) is 19.0 Å². The lowest BCUT2D eigenvalue weighted by molar-refractivity contribution is -0.139. The summed E-state index contributed by atoms with van der Waals surface area (Å²) < 4.78 is 5.41. The monoisotopic (exact) mass is 327 g/mol. The molecule has 1 aliphatic rings. The van der Waals surface area contributed by atoms with Crippen molar-refractivity contribution in [1.82, 2.24) is 4.90 Å². The molecule has 0 saturated carbocycles. The van der Waals surface area contributed by atoms with E-state index in [-0.39, 0.29) is 23.8 Å². The lowest BCUT2D eigenvalue weighted by atomic mass is 9.74. The summed E-state index contributed by atoms with van der Waals surface area (Å²) in [6.07, 6.45) is 2.56. The van der Waals surface area contributed by atoms with Crippen LogP contribution in [-0.4, -0.2) is 40.8 Å². The van der Waals surface area contributed by atoms with Crippen LogP contribution >= 0.6 is 0 Å². The first-order chi connectivity index (χ1) is 10.4. The quantitative estimate of drug-likeness (QED) is 0.842. The van der Waals surface area contributed by atoms with Crippen molar-refractivity contribution in [3.63, 3.8) is 0 Å². The molecule has 0 bridgehead atoms. The lowest BCUT2D eigenvalue weighted by Crippen LogP contribution is -2.43. The maximum absolute atomic E-state index is 12.1. The van der Waals surface area contributed by atoms with Crippen molar-refractivity contribution in [3.8, 4) is 0 Å². The molecule has 1 atom stereocenters. The number of hydrogen-bond donors (Lipinski definition) is 1. The van der Waals surface area contributed by atoms with Crippen molar-refractivity contribution in [2.75, 3.05) is 13.1 Å². The summed E-state index contributed by atoms with van der Waals surface area (Å²) >= 11 is 0. The fourth-order valence-electron chi connectivity index (χ4n) is 3.30. The van der Waals surface area contributed by atoms with Crippen molar-refractivity contribution in [2.24, 2.45) is 17.3 Å². The lowest BCUT2D eigenvalue weighted by Gasteiger charge is -2.38. The number of carboxylic acids is 1. The van der Waals surface area contributed by atoms with Crippen LogP contribution in [0.15, 0.2) is 0 Å². The summed E-state index contributed by atoms with van der Waals surface area (Å²) in [7, 11) is 0. The number of carboxylic acid groups (broad SMARTS) is 1. The van der Waals surface area contributed by atoms with Crippen molar-refractivity contribution >= 4 is 12.1 Å². The standard InChI is InChI=1S/C18H33NO4/c1-17(2,3)12-14(11-15(20)21)13-7-9-19(10-8-13)16(22)23-18(4,5)6/h13-14H,7-12H2,1-6H3,(H,20,21). The molecule has 0 aromatic rings. The molecule has 0 aliphatic carbocycles. The molecule has 1 aliphatic heterocycles. The number of piperidine rings is 1. The van der Waals surface area contributed by atoms with E-state index < -0.39 is 11.6 Å². The zero-order chi connectivity index (χ0) is 17.8. The molecule has 0 aromatic heterocycles. The van der Waals surface area contributed by atoms with Gasteiger partial charge < -0.3 is 14.7 Å². The Bertz CT molecular complexity index is 412. The highest BCUT2D eigenvalue weighted by Crippen LogP contribution is 2.36. The van der Waals surface area contributed by atoms with Crippen molar-refractivity contribution in [3.05, 3.63) is 0 Å².